The van der Waals surface area contributed by atoms with Crippen molar-refractivity contribution < 1.29 is 12.6 Å². The maximum absolute atomic E-state index is 11.0. The van der Waals surface area contributed by atoms with Crippen LogP contribution in [0.4, 0.5) is 0 Å². The summed E-state index contributed by atoms with van der Waals surface area (Å²) in [5.74, 6) is -0.625. The normalized spacial score (nSPS) is 16.2. The highest BCUT2D eigenvalue weighted by Gasteiger charge is 2.30. The Labute approximate surface area is 87.5 Å². The zero-order valence-corrected chi connectivity index (χ0v) is 9.29. The third-order valence-electron chi connectivity index (χ3n) is 1.13. The molecule has 0 unspecified atom stereocenters. The molecular formula is C6H9Cl2NO3S. The standard InChI is InChI=1S/C6H9Cl2NO3S/c1-6(4-8,5-9)12-13(10,11)3-2-7/h2-4H2,1H3/t6-/m0/s1. The number of nitrogens with zero attached hydrogens (tertiary/aromatic N) is 1. The van der Waals surface area contributed by atoms with E-state index >= 15 is 0 Å². The lowest BCUT2D eigenvalue weighted by atomic mass is 10.2. The summed E-state index contributed by atoms with van der Waals surface area (Å²) in [7, 11) is -3.75. The number of halogens is 2. The molecule has 0 N–H and O–H groups in total. The molecule has 0 bridgehead atoms. The van der Waals surface area contributed by atoms with Gasteiger partial charge < -0.3 is 0 Å². The Morgan fingerprint density at radius 1 is 1.54 bits per heavy atom. The predicted octanol–water partition coefficient (Wildman–Crippen LogP) is 1.09. The Hall–Kier alpha value is -0.0200. The first-order valence-corrected chi connectivity index (χ1v) is 6.00. The molecule has 0 saturated heterocycles. The zero-order valence-electron chi connectivity index (χ0n) is 6.96. The summed E-state index contributed by atoms with van der Waals surface area (Å²) in [5, 5.41) is 8.56. The van der Waals surface area contributed by atoms with Crippen molar-refractivity contribution in [2.24, 2.45) is 0 Å². The summed E-state index contributed by atoms with van der Waals surface area (Å²) in [5.41, 5.74) is -1.51. The SMILES string of the molecule is C[C@@](C#N)(CCl)OS(=O)(=O)CCCl. The molecule has 0 amide bonds. The van der Waals surface area contributed by atoms with Crippen molar-refractivity contribution in [3.63, 3.8) is 0 Å². The van der Waals surface area contributed by atoms with Crippen molar-refractivity contribution in [1.82, 2.24) is 0 Å². The summed E-state index contributed by atoms with van der Waals surface area (Å²) >= 11 is 10.6. The van der Waals surface area contributed by atoms with Crippen LogP contribution in [0.3, 0.4) is 0 Å². The Morgan fingerprint density at radius 2 is 2.08 bits per heavy atom. The van der Waals surface area contributed by atoms with Crippen LogP contribution in [0.15, 0.2) is 0 Å². The lowest BCUT2D eigenvalue weighted by Crippen LogP contribution is -2.33. The molecule has 0 saturated carbocycles. The van der Waals surface area contributed by atoms with Gasteiger partial charge in [-0.15, -0.1) is 23.2 Å². The summed E-state index contributed by atoms with van der Waals surface area (Å²) in [4.78, 5) is 0. The molecule has 0 radical (unpaired) electrons. The topological polar surface area (TPSA) is 67.2 Å². The first-order valence-electron chi connectivity index (χ1n) is 3.35. The number of alkyl halides is 2. The van der Waals surface area contributed by atoms with E-state index in [1.807, 2.05) is 0 Å². The fourth-order valence-corrected chi connectivity index (χ4v) is 2.16. The van der Waals surface area contributed by atoms with Gasteiger partial charge in [0.05, 0.1) is 11.6 Å². The van der Waals surface area contributed by atoms with E-state index in [0.29, 0.717) is 0 Å². The van der Waals surface area contributed by atoms with Gasteiger partial charge in [-0.25, -0.2) is 4.18 Å². The maximum Gasteiger partial charge on any atom is 0.270 e. The van der Waals surface area contributed by atoms with Crippen LogP contribution in [0, 0.1) is 11.3 Å². The average Bonchev–Trinajstić information content (AvgIpc) is 2.03. The van der Waals surface area contributed by atoms with Crippen LogP contribution < -0.4 is 0 Å². The highest BCUT2D eigenvalue weighted by molar-refractivity contribution is 7.86. The van der Waals surface area contributed by atoms with Gasteiger partial charge in [-0.05, 0) is 6.92 Å². The third kappa shape index (κ3) is 4.67. The summed E-state index contributed by atoms with van der Waals surface area (Å²) in [6, 6.07) is 1.67. The second kappa shape index (κ2) is 5.01. The summed E-state index contributed by atoms with van der Waals surface area (Å²) in [6.07, 6.45) is 0. The Bertz CT molecular complexity index is 297. The van der Waals surface area contributed by atoms with Crippen molar-refractivity contribution in [3.8, 4) is 6.07 Å². The van der Waals surface area contributed by atoms with E-state index in [1.54, 1.807) is 6.07 Å². The van der Waals surface area contributed by atoms with Crippen molar-refractivity contribution in [2.75, 3.05) is 17.5 Å². The van der Waals surface area contributed by atoms with E-state index in [-0.39, 0.29) is 17.5 Å². The molecular weight excluding hydrogens is 237 g/mol. The van der Waals surface area contributed by atoms with Gasteiger partial charge in [-0.1, -0.05) is 0 Å². The van der Waals surface area contributed by atoms with E-state index in [9.17, 15) is 8.42 Å². The fourth-order valence-electron chi connectivity index (χ4n) is 0.487. The van der Waals surface area contributed by atoms with Crippen molar-refractivity contribution >= 4 is 33.3 Å². The molecule has 0 aromatic rings. The molecule has 7 heteroatoms. The molecule has 0 aliphatic carbocycles. The lowest BCUT2D eigenvalue weighted by Gasteiger charge is -2.17. The largest absolute Gasteiger partial charge is 0.270 e. The van der Waals surface area contributed by atoms with Gasteiger partial charge in [-0.3, -0.25) is 0 Å². The fraction of sp³-hybridized carbons (Fsp3) is 0.833. The van der Waals surface area contributed by atoms with Crippen molar-refractivity contribution in [3.05, 3.63) is 0 Å². The van der Waals surface area contributed by atoms with Crippen LogP contribution in [0.5, 0.6) is 0 Å². The maximum atomic E-state index is 11.0. The van der Waals surface area contributed by atoms with Gasteiger partial charge >= 0.3 is 0 Å². The highest BCUT2D eigenvalue weighted by atomic mass is 35.5. The lowest BCUT2D eigenvalue weighted by molar-refractivity contribution is 0.182. The van der Waals surface area contributed by atoms with Gasteiger partial charge in [-0.2, -0.15) is 13.7 Å². The van der Waals surface area contributed by atoms with Gasteiger partial charge in [0.25, 0.3) is 10.1 Å². The minimum absolute atomic E-state index is 0.0773. The molecule has 0 aliphatic rings. The van der Waals surface area contributed by atoms with Crippen LogP contribution >= 0.6 is 23.2 Å². The van der Waals surface area contributed by atoms with Crippen LogP contribution in [-0.2, 0) is 14.3 Å². The van der Waals surface area contributed by atoms with Crippen LogP contribution in [0.1, 0.15) is 6.92 Å². The monoisotopic (exact) mass is 245 g/mol. The molecule has 1 atom stereocenters. The highest BCUT2D eigenvalue weighted by Crippen LogP contribution is 2.15. The molecule has 13 heavy (non-hydrogen) atoms. The average molecular weight is 246 g/mol. The van der Waals surface area contributed by atoms with E-state index in [2.05, 4.69) is 4.18 Å². The molecule has 0 fully saturated rings. The molecule has 0 aromatic carbocycles. The smallest absolute Gasteiger partial charge is 0.247 e. The van der Waals surface area contributed by atoms with E-state index in [4.69, 9.17) is 28.5 Å². The minimum Gasteiger partial charge on any atom is -0.247 e. The summed E-state index contributed by atoms with van der Waals surface area (Å²) < 4.78 is 26.7. The van der Waals surface area contributed by atoms with Gasteiger partial charge in [0, 0.05) is 5.88 Å². The molecule has 0 spiro atoms. The van der Waals surface area contributed by atoms with Crippen molar-refractivity contribution in [2.45, 2.75) is 12.5 Å². The number of hydrogen-bond acceptors (Lipinski definition) is 4. The van der Waals surface area contributed by atoms with E-state index < -0.39 is 15.7 Å². The second-order valence-corrected chi connectivity index (χ2v) is 4.85. The molecule has 76 valence electrons. The first-order chi connectivity index (χ1) is 5.89. The molecule has 4 nitrogen and oxygen atoms in total. The zero-order chi connectivity index (χ0) is 10.5. The Balaban J connectivity index is 4.52. The number of nitriles is 1. The van der Waals surface area contributed by atoms with Crippen LogP contribution in [-0.4, -0.2) is 31.5 Å². The first kappa shape index (κ1) is 13.0. The molecule has 0 aliphatic heterocycles. The minimum atomic E-state index is -3.75. The molecule has 0 aromatic heterocycles. The van der Waals surface area contributed by atoms with Gasteiger partial charge in [0.1, 0.15) is 6.07 Å². The Kier molecular flexibility index (Phi) is 5.00. The van der Waals surface area contributed by atoms with Gasteiger partial charge in [0.2, 0.25) is 0 Å². The van der Waals surface area contributed by atoms with Crippen molar-refractivity contribution in [1.29, 1.82) is 5.26 Å². The predicted molar refractivity (Wildman–Crippen MR) is 50.3 cm³/mol. The second-order valence-electron chi connectivity index (χ2n) is 2.51. The van der Waals surface area contributed by atoms with Crippen LogP contribution in [0.25, 0.3) is 0 Å². The van der Waals surface area contributed by atoms with E-state index in [0.717, 1.165) is 0 Å². The Morgan fingerprint density at radius 3 is 2.38 bits per heavy atom. The third-order valence-corrected chi connectivity index (χ3v) is 3.38. The number of hydrogen-bond donors (Lipinski definition) is 0. The quantitative estimate of drug-likeness (QED) is 0.538. The number of rotatable bonds is 5. The molecule has 0 heterocycles. The van der Waals surface area contributed by atoms with E-state index in [1.165, 1.54) is 6.92 Å². The van der Waals surface area contributed by atoms with Crippen LogP contribution in [0.2, 0.25) is 0 Å². The molecule has 0 rings (SSSR count). The summed E-state index contributed by atoms with van der Waals surface area (Å²) in [6.45, 7) is 1.30. The van der Waals surface area contributed by atoms with Gasteiger partial charge in [0.15, 0.2) is 5.60 Å².